The fourth-order valence-corrected chi connectivity index (χ4v) is 4.02. The van der Waals surface area contributed by atoms with Crippen LogP contribution in [0.5, 0.6) is 0 Å². The monoisotopic (exact) mass is 328 g/mol. The maximum absolute atomic E-state index is 12.9. The Balaban J connectivity index is 1.69. The highest BCUT2D eigenvalue weighted by Gasteiger charge is 2.27. The van der Waals surface area contributed by atoms with Gasteiger partial charge in [0.05, 0.1) is 0 Å². The van der Waals surface area contributed by atoms with E-state index in [1.54, 1.807) is 0 Å². The lowest BCUT2D eigenvalue weighted by atomic mass is 9.98. The van der Waals surface area contributed by atoms with Gasteiger partial charge in [-0.3, -0.25) is 9.59 Å². The molecule has 2 fully saturated rings. The molecule has 0 spiro atoms. The number of anilines is 1. The summed E-state index contributed by atoms with van der Waals surface area (Å²) in [6.45, 7) is 2.99. The van der Waals surface area contributed by atoms with Crippen LogP contribution >= 0.6 is 0 Å². The number of carbonyl (C=O) groups is 2. The Labute approximate surface area is 144 Å². The van der Waals surface area contributed by atoms with Gasteiger partial charge in [0.15, 0.2) is 0 Å². The summed E-state index contributed by atoms with van der Waals surface area (Å²) in [5.41, 5.74) is 1.42. The Morgan fingerprint density at radius 1 is 1.12 bits per heavy atom. The second-order valence-corrected chi connectivity index (χ2v) is 7.11. The minimum Gasteiger partial charge on any atom is -0.336 e. The normalized spacial score (nSPS) is 21.7. The summed E-state index contributed by atoms with van der Waals surface area (Å²) in [6.07, 6.45) is 8.64. The van der Waals surface area contributed by atoms with Crippen molar-refractivity contribution in [2.75, 3.05) is 11.9 Å². The van der Waals surface area contributed by atoms with Gasteiger partial charge in [0.1, 0.15) is 0 Å². The lowest BCUT2D eigenvalue weighted by Crippen LogP contribution is -2.43. The van der Waals surface area contributed by atoms with Crippen molar-refractivity contribution >= 4 is 17.5 Å². The lowest BCUT2D eigenvalue weighted by molar-refractivity contribution is -0.119. The van der Waals surface area contributed by atoms with Gasteiger partial charge in [-0.2, -0.15) is 0 Å². The van der Waals surface area contributed by atoms with Crippen molar-refractivity contribution in [3.8, 4) is 0 Å². The van der Waals surface area contributed by atoms with Crippen molar-refractivity contribution in [2.24, 2.45) is 5.92 Å². The summed E-state index contributed by atoms with van der Waals surface area (Å²) < 4.78 is 0. The van der Waals surface area contributed by atoms with Crippen molar-refractivity contribution in [1.29, 1.82) is 0 Å². The van der Waals surface area contributed by atoms with Gasteiger partial charge in [-0.1, -0.05) is 25.8 Å². The van der Waals surface area contributed by atoms with E-state index in [1.807, 2.05) is 29.2 Å². The second kappa shape index (κ2) is 7.82. The molecule has 1 aromatic rings. The van der Waals surface area contributed by atoms with Gasteiger partial charge >= 0.3 is 0 Å². The van der Waals surface area contributed by atoms with Crippen molar-refractivity contribution in [2.45, 2.75) is 64.3 Å². The molecule has 2 aliphatic rings. The van der Waals surface area contributed by atoms with E-state index in [4.69, 9.17) is 0 Å². The van der Waals surface area contributed by atoms with E-state index in [-0.39, 0.29) is 17.7 Å². The van der Waals surface area contributed by atoms with Gasteiger partial charge in [0.25, 0.3) is 5.91 Å². The van der Waals surface area contributed by atoms with Crippen LogP contribution in [0.1, 0.15) is 68.6 Å². The van der Waals surface area contributed by atoms with Crippen LogP contribution in [0.25, 0.3) is 0 Å². The summed E-state index contributed by atoms with van der Waals surface area (Å²) in [4.78, 5) is 27.2. The maximum atomic E-state index is 12.9. The molecule has 1 aliphatic carbocycles. The summed E-state index contributed by atoms with van der Waals surface area (Å²) in [5, 5.41) is 3.00. The highest BCUT2D eigenvalue weighted by molar-refractivity contribution is 5.98. The van der Waals surface area contributed by atoms with Crippen LogP contribution in [0.4, 0.5) is 5.69 Å². The number of nitrogens with zero attached hydrogens (tertiary/aromatic N) is 1. The number of piperidine rings is 1. The van der Waals surface area contributed by atoms with Gasteiger partial charge in [0, 0.05) is 29.8 Å². The number of likely N-dealkylation sites (tertiary alicyclic amines) is 1. The number of rotatable bonds is 4. The van der Waals surface area contributed by atoms with Crippen LogP contribution in [-0.4, -0.2) is 29.3 Å². The zero-order valence-corrected chi connectivity index (χ0v) is 14.6. The minimum atomic E-state index is 0.0958. The van der Waals surface area contributed by atoms with E-state index in [9.17, 15) is 9.59 Å². The van der Waals surface area contributed by atoms with Gasteiger partial charge in [-0.05, 0) is 56.7 Å². The molecule has 1 aromatic carbocycles. The average molecular weight is 328 g/mol. The van der Waals surface area contributed by atoms with E-state index in [0.717, 1.165) is 57.2 Å². The highest BCUT2D eigenvalue weighted by atomic mass is 16.2. The summed E-state index contributed by atoms with van der Waals surface area (Å²) in [7, 11) is 0. The number of hydrogen-bond acceptors (Lipinski definition) is 2. The van der Waals surface area contributed by atoms with Crippen LogP contribution in [0.15, 0.2) is 24.3 Å². The molecule has 0 aromatic heterocycles. The molecule has 0 radical (unpaired) electrons. The molecule has 0 bridgehead atoms. The van der Waals surface area contributed by atoms with Gasteiger partial charge in [-0.15, -0.1) is 0 Å². The number of carbonyl (C=O) groups excluding carboxylic acids is 2. The number of amides is 2. The molecular formula is C20H28N2O2. The summed E-state index contributed by atoms with van der Waals surface area (Å²) in [5.74, 6) is 0.330. The van der Waals surface area contributed by atoms with Gasteiger partial charge < -0.3 is 10.2 Å². The van der Waals surface area contributed by atoms with E-state index in [2.05, 4.69) is 12.2 Å². The molecule has 3 rings (SSSR count). The molecular weight excluding hydrogens is 300 g/mol. The zero-order valence-electron chi connectivity index (χ0n) is 14.6. The second-order valence-electron chi connectivity index (χ2n) is 7.11. The van der Waals surface area contributed by atoms with Crippen LogP contribution in [0.2, 0.25) is 0 Å². The number of hydrogen-bond donors (Lipinski definition) is 1. The Bertz CT molecular complexity index is 593. The first kappa shape index (κ1) is 17.0. The lowest BCUT2D eigenvalue weighted by Gasteiger charge is -2.35. The van der Waals surface area contributed by atoms with Crippen LogP contribution in [0.3, 0.4) is 0 Å². The number of nitrogens with one attached hydrogen (secondary N) is 1. The quantitative estimate of drug-likeness (QED) is 0.899. The highest BCUT2D eigenvalue weighted by Crippen LogP contribution is 2.27. The van der Waals surface area contributed by atoms with Crippen LogP contribution in [-0.2, 0) is 4.79 Å². The molecule has 1 saturated heterocycles. The van der Waals surface area contributed by atoms with Crippen LogP contribution < -0.4 is 5.32 Å². The maximum Gasteiger partial charge on any atom is 0.254 e. The van der Waals surface area contributed by atoms with Gasteiger partial charge in [0.2, 0.25) is 5.91 Å². The van der Waals surface area contributed by atoms with Crippen molar-refractivity contribution in [3.05, 3.63) is 29.8 Å². The topological polar surface area (TPSA) is 49.4 Å². The van der Waals surface area contributed by atoms with Crippen LogP contribution in [0, 0.1) is 5.92 Å². The Hall–Kier alpha value is -1.84. The van der Waals surface area contributed by atoms with Crippen molar-refractivity contribution in [1.82, 2.24) is 4.90 Å². The van der Waals surface area contributed by atoms with Crippen molar-refractivity contribution < 1.29 is 9.59 Å². The first-order valence-electron chi connectivity index (χ1n) is 9.41. The van der Waals surface area contributed by atoms with Crippen molar-refractivity contribution in [3.63, 3.8) is 0 Å². The third-order valence-corrected chi connectivity index (χ3v) is 5.46. The standard InChI is InChI=1S/C20H28N2O2/c1-2-18-12-5-6-13-22(18)20(24)16-10-7-11-17(14-16)21-19(23)15-8-3-4-9-15/h7,10-11,14-15,18H,2-6,8-9,12-13H2,1H3,(H,21,23)/t18-/m0/s1. The predicted molar refractivity (Wildman–Crippen MR) is 96.0 cm³/mol. The molecule has 130 valence electrons. The summed E-state index contributed by atoms with van der Waals surface area (Å²) in [6, 6.07) is 7.77. The molecule has 2 amide bonds. The van der Waals surface area contributed by atoms with E-state index in [0.29, 0.717) is 11.6 Å². The van der Waals surface area contributed by atoms with Gasteiger partial charge in [-0.25, -0.2) is 0 Å². The Kier molecular flexibility index (Phi) is 5.54. The molecule has 1 heterocycles. The Morgan fingerprint density at radius 3 is 2.62 bits per heavy atom. The first-order valence-corrected chi connectivity index (χ1v) is 9.41. The molecule has 24 heavy (non-hydrogen) atoms. The number of benzene rings is 1. The smallest absolute Gasteiger partial charge is 0.254 e. The SMILES string of the molecule is CC[C@H]1CCCCN1C(=O)c1cccc(NC(=O)C2CCCC2)c1. The average Bonchev–Trinajstić information content (AvgIpc) is 3.16. The minimum absolute atomic E-state index is 0.0958. The van der Waals surface area contributed by atoms with E-state index >= 15 is 0 Å². The molecule has 1 aliphatic heterocycles. The molecule has 1 saturated carbocycles. The largest absolute Gasteiger partial charge is 0.336 e. The molecule has 4 nitrogen and oxygen atoms in total. The van der Waals surface area contributed by atoms with E-state index < -0.39 is 0 Å². The fourth-order valence-electron chi connectivity index (χ4n) is 4.02. The first-order chi connectivity index (χ1) is 11.7. The molecule has 4 heteroatoms. The molecule has 0 unspecified atom stereocenters. The molecule has 1 atom stereocenters. The van der Waals surface area contributed by atoms with E-state index in [1.165, 1.54) is 6.42 Å². The zero-order chi connectivity index (χ0) is 16.9. The third kappa shape index (κ3) is 3.80. The molecule has 1 N–H and O–H groups in total. The Morgan fingerprint density at radius 2 is 1.88 bits per heavy atom. The third-order valence-electron chi connectivity index (χ3n) is 5.46. The fraction of sp³-hybridized carbons (Fsp3) is 0.600. The summed E-state index contributed by atoms with van der Waals surface area (Å²) >= 11 is 0. The predicted octanol–water partition coefficient (Wildman–Crippen LogP) is 4.22.